The lowest BCUT2D eigenvalue weighted by Crippen LogP contribution is -2.39. The number of Topliss-reactive ketones (excluding diaryl/α,β-unsaturated/α-hetero) is 1. The number of halogens is 1. The maximum atomic E-state index is 12.8. The SMILES string of the molecule is COc1ccc2cc(C(=O)C3CCCN(CCF)C3)ccc2c1. The minimum atomic E-state index is -0.348. The first-order valence-electron chi connectivity index (χ1n) is 8.11. The van der Waals surface area contributed by atoms with Crippen molar-refractivity contribution in [2.45, 2.75) is 12.8 Å². The van der Waals surface area contributed by atoms with E-state index in [1.54, 1.807) is 7.11 Å². The number of benzene rings is 2. The maximum Gasteiger partial charge on any atom is 0.167 e. The molecular weight excluding hydrogens is 293 g/mol. The molecule has 1 saturated heterocycles. The lowest BCUT2D eigenvalue weighted by atomic mass is 9.89. The number of nitrogens with zero attached hydrogens (tertiary/aromatic N) is 1. The van der Waals surface area contributed by atoms with E-state index in [0.29, 0.717) is 13.1 Å². The molecular formula is C19H22FNO2. The van der Waals surface area contributed by atoms with Gasteiger partial charge in [-0.1, -0.05) is 18.2 Å². The van der Waals surface area contributed by atoms with Gasteiger partial charge in [-0.15, -0.1) is 0 Å². The predicted molar refractivity (Wildman–Crippen MR) is 90.0 cm³/mol. The second kappa shape index (κ2) is 7.09. The first kappa shape index (κ1) is 15.9. The molecule has 0 saturated carbocycles. The molecule has 2 aromatic carbocycles. The summed E-state index contributed by atoms with van der Waals surface area (Å²) >= 11 is 0. The average Bonchev–Trinajstić information content (AvgIpc) is 2.60. The number of likely N-dealkylation sites (tertiary alicyclic amines) is 1. The number of methoxy groups -OCH3 is 1. The van der Waals surface area contributed by atoms with Gasteiger partial charge in [-0.3, -0.25) is 4.79 Å². The van der Waals surface area contributed by atoms with Gasteiger partial charge in [-0.25, -0.2) is 4.39 Å². The third kappa shape index (κ3) is 3.53. The van der Waals surface area contributed by atoms with Crippen LogP contribution in [0.1, 0.15) is 23.2 Å². The highest BCUT2D eigenvalue weighted by atomic mass is 19.1. The van der Waals surface area contributed by atoms with Crippen LogP contribution in [0.3, 0.4) is 0 Å². The third-order valence-corrected chi connectivity index (χ3v) is 4.61. The second-order valence-electron chi connectivity index (χ2n) is 6.12. The van der Waals surface area contributed by atoms with Crippen molar-refractivity contribution in [3.63, 3.8) is 0 Å². The fourth-order valence-corrected chi connectivity index (χ4v) is 3.33. The molecule has 2 aromatic rings. The minimum Gasteiger partial charge on any atom is -0.497 e. The van der Waals surface area contributed by atoms with Crippen molar-refractivity contribution in [1.82, 2.24) is 4.90 Å². The Kier molecular flexibility index (Phi) is 4.91. The summed E-state index contributed by atoms with van der Waals surface area (Å²) in [6.07, 6.45) is 1.85. The summed E-state index contributed by atoms with van der Waals surface area (Å²) < 4.78 is 17.8. The van der Waals surface area contributed by atoms with Gasteiger partial charge in [-0.05, 0) is 48.4 Å². The van der Waals surface area contributed by atoms with Crippen LogP contribution in [-0.2, 0) is 0 Å². The Balaban J connectivity index is 1.80. The van der Waals surface area contributed by atoms with Gasteiger partial charge in [-0.2, -0.15) is 0 Å². The quantitative estimate of drug-likeness (QED) is 0.788. The fraction of sp³-hybridized carbons (Fsp3) is 0.421. The van der Waals surface area contributed by atoms with E-state index in [4.69, 9.17) is 4.74 Å². The van der Waals surface area contributed by atoms with Crippen LogP contribution in [-0.4, -0.2) is 44.1 Å². The maximum absolute atomic E-state index is 12.8. The second-order valence-corrected chi connectivity index (χ2v) is 6.12. The molecule has 0 spiro atoms. The number of ketones is 1. The standard InChI is InChI=1S/C19H22FNO2/c1-23-18-7-6-14-11-16(5-4-15(14)12-18)19(22)17-3-2-9-21(13-17)10-8-20/h4-7,11-12,17H,2-3,8-10,13H2,1H3. The number of hydrogen-bond acceptors (Lipinski definition) is 3. The summed E-state index contributed by atoms with van der Waals surface area (Å²) in [5, 5.41) is 2.09. The van der Waals surface area contributed by atoms with Crippen molar-refractivity contribution in [2.24, 2.45) is 5.92 Å². The van der Waals surface area contributed by atoms with Gasteiger partial charge in [0.1, 0.15) is 12.4 Å². The summed E-state index contributed by atoms with van der Waals surface area (Å²) in [6.45, 7) is 1.65. The molecule has 0 amide bonds. The van der Waals surface area contributed by atoms with E-state index in [0.717, 1.165) is 41.5 Å². The molecule has 0 bridgehead atoms. The van der Waals surface area contributed by atoms with E-state index in [1.807, 2.05) is 36.4 Å². The fourth-order valence-electron chi connectivity index (χ4n) is 3.33. The van der Waals surface area contributed by atoms with Crippen molar-refractivity contribution < 1.29 is 13.9 Å². The van der Waals surface area contributed by atoms with Crippen LogP contribution < -0.4 is 4.74 Å². The molecule has 1 aliphatic rings. The Labute approximate surface area is 136 Å². The van der Waals surface area contributed by atoms with E-state index < -0.39 is 0 Å². The minimum absolute atomic E-state index is 0.0222. The normalized spacial score (nSPS) is 19.0. The largest absolute Gasteiger partial charge is 0.497 e. The molecule has 1 heterocycles. The smallest absolute Gasteiger partial charge is 0.167 e. The molecule has 1 fully saturated rings. The zero-order chi connectivity index (χ0) is 16.2. The van der Waals surface area contributed by atoms with Crippen LogP contribution in [0.25, 0.3) is 10.8 Å². The molecule has 3 nitrogen and oxygen atoms in total. The predicted octanol–water partition coefficient (Wildman–Crippen LogP) is 3.71. The molecule has 3 rings (SSSR count). The van der Waals surface area contributed by atoms with Gasteiger partial charge < -0.3 is 9.64 Å². The van der Waals surface area contributed by atoms with Crippen molar-refractivity contribution in [2.75, 3.05) is 33.4 Å². The van der Waals surface area contributed by atoms with Gasteiger partial charge in [0.2, 0.25) is 0 Å². The molecule has 4 heteroatoms. The van der Waals surface area contributed by atoms with E-state index >= 15 is 0 Å². The topological polar surface area (TPSA) is 29.5 Å². The molecule has 1 unspecified atom stereocenters. The van der Waals surface area contributed by atoms with Crippen LogP contribution in [0.15, 0.2) is 36.4 Å². The lowest BCUT2D eigenvalue weighted by molar-refractivity contribution is 0.0812. The van der Waals surface area contributed by atoms with Crippen molar-refractivity contribution >= 4 is 16.6 Å². The summed E-state index contributed by atoms with van der Waals surface area (Å²) in [7, 11) is 1.64. The Hall–Kier alpha value is -1.94. The first-order chi connectivity index (χ1) is 11.2. The Morgan fingerprint density at radius 2 is 2.04 bits per heavy atom. The van der Waals surface area contributed by atoms with E-state index in [1.165, 1.54) is 0 Å². The highest BCUT2D eigenvalue weighted by Crippen LogP contribution is 2.25. The lowest BCUT2D eigenvalue weighted by Gasteiger charge is -2.31. The van der Waals surface area contributed by atoms with Crippen LogP contribution in [0.5, 0.6) is 5.75 Å². The molecule has 0 N–H and O–H groups in total. The summed E-state index contributed by atoms with van der Waals surface area (Å²) in [4.78, 5) is 14.8. The highest BCUT2D eigenvalue weighted by molar-refractivity contribution is 6.01. The number of fused-ring (bicyclic) bond motifs is 1. The third-order valence-electron chi connectivity index (χ3n) is 4.61. The Morgan fingerprint density at radius 3 is 2.83 bits per heavy atom. The van der Waals surface area contributed by atoms with E-state index in [9.17, 15) is 9.18 Å². The monoisotopic (exact) mass is 315 g/mol. The average molecular weight is 315 g/mol. The highest BCUT2D eigenvalue weighted by Gasteiger charge is 2.26. The Bertz CT molecular complexity index is 699. The van der Waals surface area contributed by atoms with Crippen LogP contribution in [0, 0.1) is 5.92 Å². The van der Waals surface area contributed by atoms with E-state index in [-0.39, 0.29) is 18.4 Å². The molecule has 1 aliphatic heterocycles. The van der Waals surface area contributed by atoms with Crippen molar-refractivity contribution in [3.05, 3.63) is 42.0 Å². The van der Waals surface area contributed by atoms with Gasteiger partial charge in [0.15, 0.2) is 5.78 Å². The number of ether oxygens (including phenoxy) is 1. The summed E-state index contributed by atoms with van der Waals surface area (Å²) in [5.41, 5.74) is 0.745. The zero-order valence-electron chi connectivity index (χ0n) is 13.4. The molecule has 0 radical (unpaired) electrons. The van der Waals surface area contributed by atoms with Crippen molar-refractivity contribution in [1.29, 1.82) is 0 Å². The van der Waals surface area contributed by atoms with Gasteiger partial charge in [0.25, 0.3) is 0 Å². The number of piperidine rings is 1. The van der Waals surface area contributed by atoms with Crippen LogP contribution >= 0.6 is 0 Å². The molecule has 1 atom stereocenters. The van der Waals surface area contributed by atoms with Crippen LogP contribution in [0.4, 0.5) is 4.39 Å². The van der Waals surface area contributed by atoms with E-state index in [2.05, 4.69) is 4.90 Å². The summed E-state index contributed by atoms with van der Waals surface area (Å²) in [6, 6.07) is 11.6. The molecule has 122 valence electrons. The molecule has 23 heavy (non-hydrogen) atoms. The number of carbonyl (C=O) groups excluding carboxylic acids is 1. The first-order valence-corrected chi connectivity index (χ1v) is 8.11. The number of rotatable bonds is 5. The number of hydrogen-bond donors (Lipinski definition) is 0. The zero-order valence-corrected chi connectivity index (χ0v) is 13.4. The van der Waals surface area contributed by atoms with Gasteiger partial charge in [0.05, 0.1) is 7.11 Å². The van der Waals surface area contributed by atoms with Crippen molar-refractivity contribution in [3.8, 4) is 5.75 Å². The van der Waals surface area contributed by atoms with Gasteiger partial charge >= 0.3 is 0 Å². The van der Waals surface area contributed by atoms with Crippen LogP contribution in [0.2, 0.25) is 0 Å². The Morgan fingerprint density at radius 1 is 1.26 bits per heavy atom. The summed E-state index contributed by atoms with van der Waals surface area (Å²) in [5.74, 6) is 0.961. The van der Waals surface area contributed by atoms with Gasteiger partial charge in [0, 0.05) is 24.6 Å². The molecule has 0 aliphatic carbocycles. The number of alkyl halides is 1. The molecule has 0 aromatic heterocycles. The number of carbonyl (C=O) groups is 1.